The number of carbonyl (C=O) groups excluding carboxylic acids is 1. The van der Waals surface area contributed by atoms with Crippen LogP contribution in [0.3, 0.4) is 0 Å². The van der Waals surface area contributed by atoms with Crippen LogP contribution in [-0.2, 0) is 9.53 Å². The van der Waals surface area contributed by atoms with E-state index in [0.717, 1.165) is 19.3 Å². The van der Waals surface area contributed by atoms with Gasteiger partial charge in [-0.1, -0.05) is 0 Å². The Hall–Kier alpha value is -1.01. The van der Waals surface area contributed by atoms with Gasteiger partial charge in [-0.2, -0.15) is 0 Å². The van der Waals surface area contributed by atoms with Gasteiger partial charge in [0.25, 0.3) is 0 Å². The number of esters is 1. The van der Waals surface area contributed by atoms with E-state index in [0.29, 0.717) is 5.57 Å². The molecule has 0 N–H and O–H groups in total. The van der Waals surface area contributed by atoms with Crippen molar-refractivity contribution in [1.29, 1.82) is 0 Å². The van der Waals surface area contributed by atoms with E-state index < -0.39 is 0 Å². The molecule has 54 valence electrons. The molecule has 1 aliphatic rings. The number of ether oxygens (including phenoxy) is 1. The number of methoxy groups -OCH3 is 1. The predicted octanol–water partition coefficient (Wildman–Crippen LogP) is 1.42. The Kier molecular flexibility index (Phi) is 2.30. The molecule has 0 aliphatic heterocycles. The summed E-state index contributed by atoms with van der Waals surface area (Å²) in [6.45, 7) is 0. The molecule has 0 saturated carbocycles. The third kappa shape index (κ3) is 1.49. The molecule has 2 heteroatoms. The number of rotatable bonds is 1. The molecule has 0 atom stereocenters. The van der Waals surface area contributed by atoms with Gasteiger partial charge in [0.2, 0.25) is 0 Å². The molecule has 0 amide bonds. The van der Waals surface area contributed by atoms with Crippen LogP contribution in [0.25, 0.3) is 0 Å². The molecule has 0 aromatic rings. The Morgan fingerprint density at radius 2 is 2.60 bits per heavy atom. The molecule has 0 fully saturated rings. The summed E-state index contributed by atoms with van der Waals surface area (Å²) in [4.78, 5) is 10.8. The van der Waals surface area contributed by atoms with E-state index >= 15 is 0 Å². The summed E-state index contributed by atoms with van der Waals surface area (Å²) in [7, 11) is 1.39. The van der Waals surface area contributed by atoms with Crippen molar-refractivity contribution < 1.29 is 9.53 Å². The highest BCUT2D eigenvalue weighted by molar-refractivity contribution is 5.88. The van der Waals surface area contributed by atoms with E-state index in [-0.39, 0.29) is 5.97 Å². The van der Waals surface area contributed by atoms with Crippen molar-refractivity contribution in [2.24, 2.45) is 0 Å². The molecule has 10 heavy (non-hydrogen) atoms. The Labute approximate surface area is 60.2 Å². The summed E-state index contributed by atoms with van der Waals surface area (Å²) < 4.78 is 4.53. The van der Waals surface area contributed by atoms with E-state index in [9.17, 15) is 4.79 Å². The van der Waals surface area contributed by atoms with Crippen LogP contribution in [0.15, 0.2) is 17.4 Å². The monoisotopic (exact) mass is 138 g/mol. The lowest BCUT2D eigenvalue weighted by Crippen LogP contribution is -2.04. The van der Waals surface area contributed by atoms with E-state index in [4.69, 9.17) is 0 Å². The third-order valence-electron chi connectivity index (χ3n) is 1.48. The predicted molar refractivity (Wildman–Crippen MR) is 37.5 cm³/mol. The van der Waals surface area contributed by atoms with Crippen LogP contribution >= 0.6 is 0 Å². The molecule has 0 saturated heterocycles. The van der Waals surface area contributed by atoms with Crippen molar-refractivity contribution in [1.82, 2.24) is 0 Å². The van der Waals surface area contributed by atoms with Crippen molar-refractivity contribution in [2.75, 3.05) is 7.11 Å². The maximum Gasteiger partial charge on any atom is 0.341 e. The first kappa shape index (κ1) is 7.10. The smallest absolute Gasteiger partial charge is 0.341 e. The number of hydrogen-bond donors (Lipinski definition) is 0. The zero-order chi connectivity index (χ0) is 7.40. The standard InChI is InChI=1S/C8H10O2/c1-10-8(9)7-5-3-2-4-6-7/h3H,2,4,6H2,1H3. The van der Waals surface area contributed by atoms with Crippen LogP contribution in [0.1, 0.15) is 19.3 Å². The second-order valence-corrected chi connectivity index (χ2v) is 2.21. The van der Waals surface area contributed by atoms with E-state index in [1.807, 2.05) is 6.08 Å². The van der Waals surface area contributed by atoms with Crippen LogP contribution in [0.4, 0.5) is 0 Å². The first-order valence-corrected chi connectivity index (χ1v) is 3.37. The lowest BCUT2D eigenvalue weighted by Gasteiger charge is -2.03. The highest BCUT2D eigenvalue weighted by Crippen LogP contribution is 2.12. The fraction of sp³-hybridized carbons (Fsp3) is 0.500. The van der Waals surface area contributed by atoms with Crippen LogP contribution in [0, 0.1) is 0 Å². The van der Waals surface area contributed by atoms with E-state index in [1.165, 1.54) is 7.11 Å². The van der Waals surface area contributed by atoms with Crippen LogP contribution in [0.5, 0.6) is 0 Å². The number of carbonyl (C=O) groups is 1. The maximum absolute atomic E-state index is 10.8. The topological polar surface area (TPSA) is 26.3 Å². The fourth-order valence-corrected chi connectivity index (χ4v) is 0.933. The summed E-state index contributed by atoms with van der Waals surface area (Å²) in [5, 5.41) is 0. The van der Waals surface area contributed by atoms with Crippen molar-refractivity contribution in [3.63, 3.8) is 0 Å². The molecule has 0 radical (unpaired) electrons. The fourth-order valence-electron chi connectivity index (χ4n) is 0.933. The largest absolute Gasteiger partial charge is 0.465 e. The zero-order valence-corrected chi connectivity index (χ0v) is 6.02. The summed E-state index contributed by atoms with van der Waals surface area (Å²) in [5.74, 6) is -0.240. The Bertz CT molecular complexity index is 197. The third-order valence-corrected chi connectivity index (χ3v) is 1.48. The summed E-state index contributed by atoms with van der Waals surface area (Å²) in [6.07, 6.45) is 4.76. The second-order valence-electron chi connectivity index (χ2n) is 2.21. The van der Waals surface area contributed by atoms with Gasteiger partial charge in [-0.3, -0.25) is 0 Å². The summed E-state index contributed by atoms with van der Waals surface area (Å²) >= 11 is 0. The average Bonchev–Trinajstić information content (AvgIpc) is 2.05. The van der Waals surface area contributed by atoms with Crippen molar-refractivity contribution in [3.8, 4) is 0 Å². The molecule has 0 heterocycles. The molecular formula is C8H10O2. The normalized spacial score (nSPS) is 16.3. The van der Waals surface area contributed by atoms with Gasteiger partial charge in [-0.15, -0.1) is 5.73 Å². The minimum atomic E-state index is -0.240. The first-order chi connectivity index (χ1) is 4.84. The number of hydrogen-bond acceptors (Lipinski definition) is 2. The maximum atomic E-state index is 10.8. The summed E-state index contributed by atoms with van der Waals surface area (Å²) in [6, 6.07) is 0. The van der Waals surface area contributed by atoms with Crippen molar-refractivity contribution in [2.45, 2.75) is 19.3 Å². The molecule has 0 spiro atoms. The van der Waals surface area contributed by atoms with Gasteiger partial charge in [-0.05, 0) is 25.3 Å². The lowest BCUT2D eigenvalue weighted by molar-refractivity contribution is -0.136. The molecule has 0 bridgehead atoms. The van der Waals surface area contributed by atoms with Gasteiger partial charge in [-0.25, -0.2) is 4.79 Å². The Morgan fingerprint density at radius 1 is 1.80 bits per heavy atom. The Morgan fingerprint density at radius 3 is 3.10 bits per heavy atom. The summed E-state index contributed by atoms with van der Waals surface area (Å²) in [5.41, 5.74) is 3.56. The minimum Gasteiger partial charge on any atom is -0.465 e. The SMILES string of the molecule is COC(=O)C1=C=CCCC1. The molecule has 0 unspecified atom stereocenters. The van der Waals surface area contributed by atoms with E-state index in [2.05, 4.69) is 10.5 Å². The minimum absolute atomic E-state index is 0.240. The molecule has 2 nitrogen and oxygen atoms in total. The van der Waals surface area contributed by atoms with Crippen LogP contribution in [0.2, 0.25) is 0 Å². The highest BCUT2D eigenvalue weighted by atomic mass is 16.5. The van der Waals surface area contributed by atoms with Gasteiger partial charge in [0.15, 0.2) is 0 Å². The Balaban J connectivity index is 2.70. The molecular weight excluding hydrogens is 128 g/mol. The molecule has 1 aliphatic carbocycles. The quantitative estimate of drug-likeness (QED) is 0.404. The van der Waals surface area contributed by atoms with Gasteiger partial charge in [0.1, 0.15) is 0 Å². The molecule has 0 aromatic carbocycles. The lowest BCUT2D eigenvalue weighted by atomic mass is 10.1. The van der Waals surface area contributed by atoms with Gasteiger partial charge in [0.05, 0.1) is 12.7 Å². The van der Waals surface area contributed by atoms with Crippen molar-refractivity contribution >= 4 is 5.97 Å². The zero-order valence-electron chi connectivity index (χ0n) is 6.02. The van der Waals surface area contributed by atoms with Crippen LogP contribution < -0.4 is 0 Å². The second kappa shape index (κ2) is 3.23. The molecule has 0 aromatic heterocycles. The van der Waals surface area contributed by atoms with Gasteiger partial charge in [0, 0.05) is 0 Å². The van der Waals surface area contributed by atoms with Crippen molar-refractivity contribution in [3.05, 3.63) is 17.4 Å². The highest BCUT2D eigenvalue weighted by Gasteiger charge is 2.09. The average molecular weight is 138 g/mol. The van der Waals surface area contributed by atoms with Gasteiger partial charge >= 0.3 is 5.97 Å². The van der Waals surface area contributed by atoms with Gasteiger partial charge < -0.3 is 4.74 Å². The van der Waals surface area contributed by atoms with E-state index in [1.54, 1.807) is 0 Å². The first-order valence-electron chi connectivity index (χ1n) is 3.37. The van der Waals surface area contributed by atoms with Crippen LogP contribution in [-0.4, -0.2) is 13.1 Å². The molecule has 1 rings (SSSR count).